The van der Waals surface area contributed by atoms with Gasteiger partial charge in [0.15, 0.2) is 0 Å². The van der Waals surface area contributed by atoms with Crippen LogP contribution >= 0.6 is 0 Å². The quantitative estimate of drug-likeness (QED) is 0.896. The van der Waals surface area contributed by atoms with Gasteiger partial charge in [-0.1, -0.05) is 19.9 Å². The maximum atomic E-state index is 5.51. The molecule has 0 bridgehead atoms. The minimum atomic E-state index is 0.286. The second-order valence-corrected chi connectivity index (χ2v) is 4.53. The lowest BCUT2D eigenvalue weighted by Crippen LogP contribution is -2.04. The third-order valence-corrected chi connectivity index (χ3v) is 2.86. The SMILES string of the molecule is COc1ccc(C(C)C)cc1Cn1cnc(N)n1. The number of nitrogen functional groups attached to an aromatic ring is 1. The van der Waals surface area contributed by atoms with Crippen LogP contribution in [0.5, 0.6) is 5.75 Å². The summed E-state index contributed by atoms with van der Waals surface area (Å²) in [4.78, 5) is 3.91. The summed E-state index contributed by atoms with van der Waals surface area (Å²) in [5.41, 5.74) is 7.86. The van der Waals surface area contributed by atoms with Crippen LogP contribution in [0.4, 0.5) is 5.95 Å². The molecule has 2 N–H and O–H groups in total. The van der Waals surface area contributed by atoms with E-state index in [1.165, 1.54) is 5.56 Å². The first-order valence-electron chi connectivity index (χ1n) is 5.92. The molecule has 0 spiro atoms. The molecule has 0 amide bonds. The average molecular weight is 246 g/mol. The number of hydrogen-bond acceptors (Lipinski definition) is 4. The fraction of sp³-hybridized carbons (Fsp3) is 0.385. The minimum absolute atomic E-state index is 0.286. The molecule has 96 valence electrons. The molecular formula is C13H18N4O. The normalized spacial score (nSPS) is 10.9. The number of nitrogens with two attached hydrogens (primary N) is 1. The summed E-state index contributed by atoms with van der Waals surface area (Å²) in [6.45, 7) is 4.94. The van der Waals surface area contributed by atoms with E-state index in [0.717, 1.165) is 11.3 Å². The number of hydrogen-bond donors (Lipinski definition) is 1. The van der Waals surface area contributed by atoms with E-state index in [-0.39, 0.29) is 5.95 Å². The van der Waals surface area contributed by atoms with E-state index in [2.05, 4.69) is 36.1 Å². The predicted molar refractivity (Wildman–Crippen MR) is 70.6 cm³/mol. The van der Waals surface area contributed by atoms with Crippen LogP contribution in [-0.4, -0.2) is 21.9 Å². The van der Waals surface area contributed by atoms with Crippen LogP contribution in [0.25, 0.3) is 0 Å². The topological polar surface area (TPSA) is 66.0 Å². The minimum Gasteiger partial charge on any atom is -0.496 e. The maximum absolute atomic E-state index is 5.51. The summed E-state index contributed by atoms with van der Waals surface area (Å²) in [6, 6.07) is 6.22. The summed E-state index contributed by atoms with van der Waals surface area (Å²) in [7, 11) is 1.67. The van der Waals surface area contributed by atoms with Gasteiger partial charge in [-0.25, -0.2) is 9.67 Å². The zero-order valence-corrected chi connectivity index (χ0v) is 10.9. The van der Waals surface area contributed by atoms with Crippen molar-refractivity contribution >= 4 is 5.95 Å². The van der Waals surface area contributed by atoms with Gasteiger partial charge in [0.2, 0.25) is 5.95 Å². The second kappa shape index (κ2) is 5.08. The fourth-order valence-corrected chi connectivity index (χ4v) is 1.84. The van der Waals surface area contributed by atoms with E-state index < -0.39 is 0 Å². The van der Waals surface area contributed by atoms with Gasteiger partial charge in [-0.2, -0.15) is 0 Å². The summed E-state index contributed by atoms with van der Waals surface area (Å²) in [6.07, 6.45) is 1.62. The molecule has 0 unspecified atom stereocenters. The van der Waals surface area contributed by atoms with E-state index in [9.17, 15) is 0 Å². The highest BCUT2D eigenvalue weighted by Gasteiger charge is 2.08. The molecule has 1 heterocycles. The molecule has 1 aromatic heterocycles. The summed E-state index contributed by atoms with van der Waals surface area (Å²) in [5.74, 6) is 1.62. The van der Waals surface area contributed by atoms with E-state index in [4.69, 9.17) is 10.5 Å². The Hall–Kier alpha value is -2.04. The van der Waals surface area contributed by atoms with Crippen molar-refractivity contribution in [1.82, 2.24) is 14.8 Å². The van der Waals surface area contributed by atoms with Crippen LogP contribution in [0.2, 0.25) is 0 Å². The number of rotatable bonds is 4. The molecule has 5 heteroatoms. The first kappa shape index (κ1) is 12.4. The number of nitrogens with zero attached hydrogens (tertiary/aromatic N) is 3. The molecule has 0 aliphatic carbocycles. The molecule has 2 rings (SSSR count). The Bertz CT molecular complexity index is 534. The third-order valence-electron chi connectivity index (χ3n) is 2.86. The van der Waals surface area contributed by atoms with Crippen molar-refractivity contribution in [3.63, 3.8) is 0 Å². The van der Waals surface area contributed by atoms with Gasteiger partial charge in [-0.15, -0.1) is 5.10 Å². The van der Waals surface area contributed by atoms with Gasteiger partial charge in [0, 0.05) is 5.56 Å². The van der Waals surface area contributed by atoms with Crippen molar-refractivity contribution < 1.29 is 4.74 Å². The Kier molecular flexibility index (Phi) is 3.50. The van der Waals surface area contributed by atoms with Gasteiger partial charge in [0.1, 0.15) is 12.1 Å². The van der Waals surface area contributed by atoms with E-state index >= 15 is 0 Å². The number of benzene rings is 1. The summed E-state index contributed by atoms with van der Waals surface area (Å²) < 4.78 is 7.07. The highest BCUT2D eigenvalue weighted by Crippen LogP contribution is 2.24. The lowest BCUT2D eigenvalue weighted by Gasteiger charge is -2.12. The Morgan fingerprint density at radius 3 is 2.72 bits per heavy atom. The molecule has 0 radical (unpaired) electrons. The number of aromatic nitrogens is 3. The lowest BCUT2D eigenvalue weighted by atomic mass is 10.0. The van der Waals surface area contributed by atoms with Crippen molar-refractivity contribution in [1.29, 1.82) is 0 Å². The molecule has 0 aliphatic rings. The first-order chi connectivity index (χ1) is 8.60. The summed E-state index contributed by atoms with van der Waals surface area (Å²) in [5, 5.41) is 4.08. The smallest absolute Gasteiger partial charge is 0.239 e. The Balaban J connectivity index is 2.32. The molecule has 0 fully saturated rings. The number of ether oxygens (including phenoxy) is 1. The number of anilines is 1. The second-order valence-electron chi connectivity index (χ2n) is 4.53. The molecule has 2 aromatic rings. The molecular weight excluding hydrogens is 228 g/mol. The van der Waals surface area contributed by atoms with Crippen LogP contribution < -0.4 is 10.5 Å². The lowest BCUT2D eigenvalue weighted by molar-refractivity contribution is 0.407. The highest BCUT2D eigenvalue weighted by atomic mass is 16.5. The van der Waals surface area contributed by atoms with Crippen LogP contribution in [0, 0.1) is 0 Å². The molecule has 18 heavy (non-hydrogen) atoms. The molecule has 5 nitrogen and oxygen atoms in total. The van der Waals surface area contributed by atoms with Crippen LogP contribution in [0.15, 0.2) is 24.5 Å². The van der Waals surface area contributed by atoms with Gasteiger partial charge in [0.05, 0.1) is 13.7 Å². The van der Waals surface area contributed by atoms with E-state index in [1.54, 1.807) is 18.1 Å². The Morgan fingerprint density at radius 2 is 2.17 bits per heavy atom. The molecule has 0 saturated carbocycles. The maximum Gasteiger partial charge on any atom is 0.239 e. The molecule has 0 aliphatic heterocycles. The van der Waals surface area contributed by atoms with E-state index in [0.29, 0.717) is 12.5 Å². The monoisotopic (exact) mass is 246 g/mol. The predicted octanol–water partition coefficient (Wildman–Crippen LogP) is 2.04. The zero-order chi connectivity index (χ0) is 13.1. The Morgan fingerprint density at radius 1 is 1.39 bits per heavy atom. The standard InChI is InChI=1S/C13H18N4O/c1-9(2)10-4-5-12(18-3)11(6-10)7-17-8-15-13(14)16-17/h4-6,8-9H,7H2,1-3H3,(H2,14,16). The molecule has 1 aromatic carbocycles. The molecule has 0 saturated heterocycles. The Labute approximate surface area is 107 Å². The van der Waals surface area contributed by atoms with Crippen molar-refractivity contribution in [2.45, 2.75) is 26.3 Å². The van der Waals surface area contributed by atoms with Gasteiger partial charge < -0.3 is 10.5 Å². The van der Waals surface area contributed by atoms with Crippen LogP contribution in [0.3, 0.4) is 0 Å². The van der Waals surface area contributed by atoms with E-state index in [1.807, 2.05) is 6.07 Å². The average Bonchev–Trinajstić information content (AvgIpc) is 2.74. The first-order valence-corrected chi connectivity index (χ1v) is 5.92. The zero-order valence-electron chi connectivity index (χ0n) is 10.9. The molecule has 0 atom stereocenters. The van der Waals surface area contributed by atoms with Gasteiger partial charge in [0.25, 0.3) is 0 Å². The van der Waals surface area contributed by atoms with Crippen LogP contribution in [-0.2, 0) is 6.54 Å². The fourth-order valence-electron chi connectivity index (χ4n) is 1.84. The van der Waals surface area contributed by atoms with Crippen LogP contribution in [0.1, 0.15) is 30.9 Å². The number of methoxy groups -OCH3 is 1. The van der Waals surface area contributed by atoms with Gasteiger partial charge in [-0.05, 0) is 23.6 Å². The highest BCUT2D eigenvalue weighted by molar-refractivity contribution is 5.38. The van der Waals surface area contributed by atoms with Crippen molar-refractivity contribution in [2.24, 2.45) is 0 Å². The van der Waals surface area contributed by atoms with Crippen molar-refractivity contribution in [3.05, 3.63) is 35.7 Å². The summed E-state index contributed by atoms with van der Waals surface area (Å²) >= 11 is 0. The van der Waals surface area contributed by atoms with Crippen molar-refractivity contribution in [3.8, 4) is 5.75 Å². The third kappa shape index (κ3) is 2.61. The largest absolute Gasteiger partial charge is 0.496 e. The van der Waals surface area contributed by atoms with Gasteiger partial charge in [-0.3, -0.25) is 0 Å². The van der Waals surface area contributed by atoms with Gasteiger partial charge >= 0.3 is 0 Å². The van der Waals surface area contributed by atoms with Crippen molar-refractivity contribution in [2.75, 3.05) is 12.8 Å².